The van der Waals surface area contributed by atoms with Gasteiger partial charge >= 0.3 is 0 Å². The molecule has 4 atom stereocenters. The monoisotopic (exact) mass is 146 g/mol. The quantitative estimate of drug-likeness (QED) is 0.446. The maximum absolute atomic E-state index is 9.20. The minimum absolute atomic E-state index is 0.222. The maximum atomic E-state index is 9.20. The van der Waals surface area contributed by atoms with Gasteiger partial charge in [0.05, 0.1) is 31.3 Å². The first-order chi connectivity index (χ1) is 4.79. The van der Waals surface area contributed by atoms with E-state index in [9.17, 15) is 10.2 Å². The van der Waals surface area contributed by atoms with Crippen LogP contribution in [0.2, 0.25) is 0 Å². The molecule has 0 aromatic carbocycles. The van der Waals surface area contributed by atoms with Crippen LogP contribution in [0, 0.1) is 5.92 Å². The van der Waals surface area contributed by atoms with E-state index in [1.54, 1.807) is 0 Å². The zero-order valence-corrected chi connectivity index (χ0v) is 5.43. The first-order valence-electron chi connectivity index (χ1n) is 3.38. The zero-order valence-electron chi connectivity index (χ0n) is 5.43. The van der Waals surface area contributed by atoms with Crippen molar-refractivity contribution >= 4 is 0 Å². The molecule has 10 heavy (non-hydrogen) atoms. The Morgan fingerprint density at radius 3 is 1.90 bits per heavy atom. The lowest BCUT2D eigenvalue weighted by Crippen LogP contribution is -2.29. The Bertz CT molecular complexity index is 124. The third-order valence-corrected chi connectivity index (χ3v) is 2.07. The second-order valence-electron chi connectivity index (χ2n) is 2.75. The standard InChI is InChI=1S/C6H10O4/c7-3-1-9-6-5(3)4(8)2-10-6/h3-8H,1-2H2/t3-,4+,5?,6?. The Kier molecular flexibility index (Phi) is 1.42. The molecule has 0 radical (unpaired) electrons. The summed E-state index contributed by atoms with van der Waals surface area (Å²) in [7, 11) is 0. The van der Waals surface area contributed by atoms with E-state index in [1.807, 2.05) is 0 Å². The van der Waals surface area contributed by atoms with Crippen molar-refractivity contribution < 1.29 is 19.7 Å². The first-order valence-corrected chi connectivity index (χ1v) is 3.38. The van der Waals surface area contributed by atoms with Crippen molar-refractivity contribution in [1.82, 2.24) is 0 Å². The van der Waals surface area contributed by atoms with Crippen LogP contribution < -0.4 is 0 Å². The number of rotatable bonds is 0. The van der Waals surface area contributed by atoms with E-state index in [2.05, 4.69) is 0 Å². The number of ether oxygens (including phenoxy) is 2. The van der Waals surface area contributed by atoms with Crippen molar-refractivity contribution in [3.05, 3.63) is 0 Å². The van der Waals surface area contributed by atoms with E-state index in [0.29, 0.717) is 0 Å². The Morgan fingerprint density at radius 1 is 1.00 bits per heavy atom. The normalized spacial score (nSPS) is 53.4. The van der Waals surface area contributed by atoms with Crippen molar-refractivity contribution in [2.75, 3.05) is 13.2 Å². The third-order valence-electron chi connectivity index (χ3n) is 2.07. The summed E-state index contributed by atoms with van der Waals surface area (Å²) in [6.07, 6.45) is -1.48. The zero-order chi connectivity index (χ0) is 7.14. The molecule has 2 fully saturated rings. The summed E-state index contributed by atoms with van der Waals surface area (Å²) in [5, 5.41) is 18.4. The van der Waals surface area contributed by atoms with Gasteiger partial charge in [0.15, 0.2) is 6.29 Å². The van der Waals surface area contributed by atoms with E-state index in [4.69, 9.17) is 9.47 Å². The van der Waals surface area contributed by atoms with E-state index in [1.165, 1.54) is 0 Å². The van der Waals surface area contributed by atoms with Crippen LogP contribution in [0.25, 0.3) is 0 Å². The van der Waals surface area contributed by atoms with E-state index < -0.39 is 12.2 Å². The summed E-state index contributed by atoms with van der Waals surface area (Å²) in [5.41, 5.74) is 0. The maximum Gasteiger partial charge on any atom is 0.165 e. The van der Waals surface area contributed by atoms with Crippen LogP contribution in [0.1, 0.15) is 0 Å². The molecule has 2 aliphatic heterocycles. The van der Waals surface area contributed by atoms with Crippen LogP contribution in [0.5, 0.6) is 0 Å². The van der Waals surface area contributed by atoms with E-state index in [0.717, 1.165) is 0 Å². The molecule has 0 bridgehead atoms. The Labute approximate surface area is 58.4 Å². The molecule has 2 unspecified atom stereocenters. The highest BCUT2D eigenvalue weighted by Gasteiger charge is 2.46. The molecule has 0 spiro atoms. The lowest BCUT2D eigenvalue weighted by molar-refractivity contribution is -0.0911. The van der Waals surface area contributed by atoms with Crippen molar-refractivity contribution in [2.45, 2.75) is 18.5 Å². The average molecular weight is 146 g/mol. The molecule has 0 saturated carbocycles. The molecule has 4 nitrogen and oxygen atoms in total. The van der Waals surface area contributed by atoms with Crippen LogP contribution in [-0.4, -0.2) is 41.9 Å². The molecule has 0 aromatic heterocycles. The van der Waals surface area contributed by atoms with Gasteiger partial charge in [0, 0.05) is 0 Å². The number of hydrogen-bond donors (Lipinski definition) is 2. The lowest BCUT2D eigenvalue weighted by atomic mass is 10.0. The van der Waals surface area contributed by atoms with Crippen LogP contribution in [-0.2, 0) is 9.47 Å². The molecule has 2 N–H and O–H groups in total. The van der Waals surface area contributed by atoms with Gasteiger partial charge in [0.1, 0.15) is 0 Å². The van der Waals surface area contributed by atoms with Gasteiger partial charge < -0.3 is 19.7 Å². The predicted molar refractivity (Wildman–Crippen MR) is 31.2 cm³/mol. The SMILES string of the molecule is O[C@@H]1COC2OC[C@H](O)C21. The van der Waals surface area contributed by atoms with Crippen molar-refractivity contribution in [3.63, 3.8) is 0 Å². The second-order valence-corrected chi connectivity index (χ2v) is 2.75. The highest BCUT2D eigenvalue weighted by atomic mass is 16.7. The molecule has 2 heterocycles. The second kappa shape index (κ2) is 2.17. The van der Waals surface area contributed by atoms with Crippen molar-refractivity contribution in [2.24, 2.45) is 5.92 Å². The molecule has 2 rings (SSSR count). The Morgan fingerprint density at radius 2 is 1.50 bits per heavy atom. The molecule has 0 amide bonds. The molecule has 0 aromatic rings. The van der Waals surface area contributed by atoms with E-state index >= 15 is 0 Å². The molecule has 58 valence electrons. The highest BCUT2D eigenvalue weighted by molar-refractivity contribution is 4.88. The van der Waals surface area contributed by atoms with Crippen molar-refractivity contribution in [3.8, 4) is 0 Å². The molecule has 0 aliphatic carbocycles. The van der Waals surface area contributed by atoms with Gasteiger partial charge in [0.2, 0.25) is 0 Å². The molecule has 2 saturated heterocycles. The van der Waals surface area contributed by atoms with Crippen LogP contribution in [0.15, 0.2) is 0 Å². The van der Waals surface area contributed by atoms with Gasteiger partial charge in [-0.15, -0.1) is 0 Å². The molecular formula is C6H10O4. The summed E-state index contributed by atoms with van der Waals surface area (Å²) >= 11 is 0. The van der Waals surface area contributed by atoms with Gasteiger partial charge in [-0.1, -0.05) is 0 Å². The number of aliphatic hydroxyl groups is 2. The predicted octanol–water partition coefficient (Wildman–Crippen LogP) is -1.29. The molecule has 4 heteroatoms. The minimum atomic E-state index is -0.553. The third kappa shape index (κ3) is 0.769. The average Bonchev–Trinajstić information content (AvgIpc) is 2.40. The Balaban J connectivity index is 2.11. The van der Waals surface area contributed by atoms with Gasteiger partial charge in [-0.3, -0.25) is 0 Å². The molecule has 2 aliphatic rings. The topological polar surface area (TPSA) is 58.9 Å². The van der Waals surface area contributed by atoms with Crippen molar-refractivity contribution in [1.29, 1.82) is 0 Å². The van der Waals surface area contributed by atoms with Crippen LogP contribution in [0.4, 0.5) is 0 Å². The highest BCUT2D eigenvalue weighted by Crippen LogP contribution is 2.31. The summed E-state index contributed by atoms with van der Waals surface area (Å²) < 4.78 is 10.1. The van der Waals surface area contributed by atoms with Gasteiger partial charge in [-0.05, 0) is 0 Å². The number of hydrogen-bond acceptors (Lipinski definition) is 4. The lowest BCUT2D eigenvalue weighted by Gasteiger charge is -2.11. The Hall–Kier alpha value is -0.160. The van der Waals surface area contributed by atoms with Gasteiger partial charge in [-0.25, -0.2) is 0 Å². The van der Waals surface area contributed by atoms with Crippen LogP contribution in [0.3, 0.4) is 0 Å². The first kappa shape index (κ1) is 6.54. The number of fused-ring (bicyclic) bond motifs is 1. The fourth-order valence-corrected chi connectivity index (χ4v) is 1.50. The summed E-state index contributed by atoms with van der Waals surface area (Å²) in [6.45, 7) is 0.568. The molecular weight excluding hydrogens is 136 g/mol. The van der Waals surface area contributed by atoms with Gasteiger partial charge in [-0.2, -0.15) is 0 Å². The summed E-state index contributed by atoms with van der Waals surface area (Å²) in [5.74, 6) is -0.222. The fourth-order valence-electron chi connectivity index (χ4n) is 1.50. The summed E-state index contributed by atoms with van der Waals surface area (Å²) in [6, 6.07) is 0. The van der Waals surface area contributed by atoms with E-state index in [-0.39, 0.29) is 25.4 Å². The fraction of sp³-hybridized carbons (Fsp3) is 1.00. The largest absolute Gasteiger partial charge is 0.390 e. The van der Waals surface area contributed by atoms with Crippen LogP contribution >= 0.6 is 0 Å². The van der Waals surface area contributed by atoms with Gasteiger partial charge in [0.25, 0.3) is 0 Å². The number of aliphatic hydroxyl groups excluding tert-OH is 2. The minimum Gasteiger partial charge on any atom is -0.390 e. The smallest absolute Gasteiger partial charge is 0.165 e. The summed E-state index contributed by atoms with van der Waals surface area (Å²) in [4.78, 5) is 0.